The van der Waals surface area contributed by atoms with Gasteiger partial charge in [-0.3, -0.25) is 4.99 Å². The minimum atomic E-state index is -0.516. The summed E-state index contributed by atoms with van der Waals surface area (Å²) in [6.45, 7) is 3.80. The SMILES string of the molecule is CCOC(=O)c1[nH]c(C=NC)c(C(=O)OCc2ccccc2)c1C. The van der Waals surface area contributed by atoms with Crippen LogP contribution in [0.25, 0.3) is 0 Å². The van der Waals surface area contributed by atoms with Crippen molar-refractivity contribution in [1.82, 2.24) is 4.98 Å². The fraction of sp³-hybridized carbons (Fsp3) is 0.278. The van der Waals surface area contributed by atoms with E-state index in [-0.39, 0.29) is 18.9 Å². The van der Waals surface area contributed by atoms with Crippen LogP contribution in [-0.4, -0.2) is 36.8 Å². The molecule has 24 heavy (non-hydrogen) atoms. The normalized spacial score (nSPS) is 10.8. The number of nitrogens with one attached hydrogen (secondary N) is 1. The molecule has 0 fully saturated rings. The number of carbonyl (C=O) groups excluding carboxylic acids is 2. The third-order valence-electron chi connectivity index (χ3n) is 3.43. The van der Waals surface area contributed by atoms with Crippen molar-refractivity contribution in [1.29, 1.82) is 0 Å². The summed E-state index contributed by atoms with van der Waals surface area (Å²) in [5.74, 6) is -1.03. The molecule has 0 atom stereocenters. The van der Waals surface area contributed by atoms with Crippen molar-refractivity contribution >= 4 is 18.2 Å². The summed E-state index contributed by atoms with van der Waals surface area (Å²) in [4.78, 5) is 31.3. The molecule has 1 heterocycles. The number of carbonyl (C=O) groups is 2. The molecule has 6 nitrogen and oxygen atoms in total. The van der Waals surface area contributed by atoms with Gasteiger partial charge in [0.25, 0.3) is 0 Å². The predicted molar refractivity (Wildman–Crippen MR) is 90.6 cm³/mol. The number of H-pyrrole nitrogens is 1. The van der Waals surface area contributed by atoms with E-state index in [2.05, 4.69) is 9.98 Å². The van der Waals surface area contributed by atoms with Gasteiger partial charge in [-0.25, -0.2) is 9.59 Å². The van der Waals surface area contributed by atoms with Crippen molar-refractivity contribution in [2.24, 2.45) is 4.99 Å². The van der Waals surface area contributed by atoms with Gasteiger partial charge in [-0.15, -0.1) is 0 Å². The van der Waals surface area contributed by atoms with Gasteiger partial charge in [0, 0.05) is 13.3 Å². The first-order valence-electron chi connectivity index (χ1n) is 7.61. The van der Waals surface area contributed by atoms with Crippen LogP contribution in [0.3, 0.4) is 0 Å². The van der Waals surface area contributed by atoms with E-state index >= 15 is 0 Å². The topological polar surface area (TPSA) is 80.8 Å². The molecule has 126 valence electrons. The fourth-order valence-electron chi connectivity index (χ4n) is 2.31. The van der Waals surface area contributed by atoms with Crippen LogP contribution in [0.4, 0.5) is 0 Å². The molecule has 0 saturated carbocycles. The molecule has 0 spiro atoms. The molecular weight excluding hydrogens is 308 g/mol. The molecule has 1 aromatic heterocycles. The maximum absolute atomic E-state index is 12.5. The average Bonchev–Trinajstić information content (AvgIpc) is 2.91. The quantitative estimate of drug-likeness (QED) is 0.653. The molecule has 0 amide bonds. The van der Waals surface area contributed by atoms with Gasteiger partial charge in [0.1, 0.15) is 12.3 Å². The van der Waals surface area contributed by atoms with E-state index in [9.17, 15) is 9.59 Å². The summed E-state index contributed by atoms with van der Waals surface area (Å²) in [6, 6.07) is 9.38. The summed E-state index contributed by atoms with van der Waals surface area (Å²) in [6.07, 6.45) is 1.48. The van der Waals surface area contributed by atoms with Crippen molar-refractivity contribution < 1.29 is 19.1 Å². The zero-order valence-corrected chi connectivity index (χ0v) is 14.0. The van der Waals surface area contributed by atoms with Gasteiger partial charge < -0.3 is 14.5 Å². The Morgan fingerprint density at radius 2 is 1.88 bits per heavy atom. The van der Waals surface area contributed by atoms with Crippen LogP contribution in [0.1, 0.15) is 44.6 Å². The first-order chi connectivity index (χ1) is 11.6. The second-order valence-electron chi connectivity index (χ2n) is 5.08. The van der Waals surface area contributed by atoms with E-state index in [1.165, 1.54) is 6.21 Å². The fourth-order valence-corrected chi connectivity index (χ4v) is 2.31. The van der Waals surface area contributed by atoms with Gasteiger partial charge in [-0.05, 0) is 25.0 Å². The Bertz CT molecular complexity index is 748. The van der Waals surface area contributed by atoms with Gasteiger partial charge in [0.2, 0.25) is 0 Å². The standard InChI is InChI=1S/C18H20N2O4/c1-4-23-18(22)16-12(2)15(14(20-16)10-19-3)17(21)24-11-13-8-6-5-7-9-13/h5-10,20H,4,11H2,1-3H3. The number of esters is 2. The van der Waals surface area contributed by atoms with Gasteiger partial charge in [0.05, 0.1) is 17.9 Å². The van der Waals surface area contributed by atoms with Crippen LogP contribution < -0.4 is 0 Å². The molecule has 0 aliphatic carbocycles. The van der Waals surface area contributed by atoms with E-state index in [0.29, 0.717) is 16.8 Å². The highest BCUT2D eigenvalue weighted by molar-refractivity contribution is 6.04. The van der Waals surface area contributed by atoms with Crippen molar-refractivity contribution in [2.75, 3.05) is 13.7 Å². The van der Waals surface area contributed by atoms with Gasteiger partial charge in [-0.1, -0.05) is 30.3 Å². The number of aromatic amines is 1. The maximum Gasteiger partial charge on any atom is 0.355 e. The van der Waals surface area contributed by atoms with E-state index in [0.717, 1.165) is 5.56 Å². The maximum atomic E-state index is 12.5. The second kappa shape index (κ2) is 8.10. The zero-order valence-electron chi connectivity index (χ0n) is 14.0. The summed E-state index contributed by atoms with van der Waals surface area (Å²) >= 11 is 0. The van der Waals surface area contributed by atoms with Crippen LogP contribution in [0.5, 0.6) is 0 Å². The van der Waals surface area contributed by atoms with Crippen LogP contribution in [0, 0.1) is 6.92 Å². The number of rotatable bonds is 6. The highest BCUT2D eigenvalue weighted by Crippen LogP contribution is 2.20. The Labute approximate surface area is 140 Å². The Kier molecular flexibility index (Phi) is 5.89. The molecule has 2 rings (SSSR count). The lowest BCUT2D eigenvalue weighted by atomic mass is 10.1. The summed E-state index contributed by atoms with van der Waals surface area (Å²) in [7, 11) is 1.58. The molecule has 1 N–H and O–H groups in total. The highest BCUT2D eigenvalue weighted by atomic mass is 16.5. The van der Waals surface area contributed by atoms with E-state index < -0.39 is 11.9 Å². The van der Waals surface area contributed by atoms with Gasteiger partial charge in [0.15, 0.2) is 0 Å². The number of ether oxygens (including phenoxy) is 2. The van der Waals surface area contributed by atoms with E-state index in [1.807, 2.05) is 30.3 Å². The monoisotopic (exact) mass is 328 g/mol. The second-order valence-corrected chi connectivity index (χ2v) is 5.08. The lowest BCUT2D eigenvalue weighted by Gasteiger charge is -2.06. The first kappa shape index (κ1) is 17.5. The van der Waals surface area contributed by atoms with Crippen LogP contribution >= 0.6 is 0 Å². The Hall–Kier alpha value is -2.89. The number of benzene rings is 1. The number of aliphatic imine (C=N–C) groups is 1. The molecule has 0 aliphatic rings. The Balaban J connectivity index is 2.26. The third kappa shape index (κ3) is 3.90. The van der Waals surface area contributed by atoms with Crippen molar-refractivity contribution in [3.63, 3.8) is 0 Å². The molecule has 0 radical (unpaired) electrons. The molecule has 0 bridgehead atoms. The average molecular weight is 328 g/mol. The van der Waals surface area contributed by atoms with E-state index in [1.54, 1.807) is 20.9 Å². The smallest absolute Gasteiger partial charge is 0.355 e. The lowest BCUT2D eigenvalue weighted by Crippen LogP contribution is -2.09. The molecule has 0 saturated heterocycles. The molecule has 2 aromatic rings. The molecule has 0 unspecified atom stereocenters. The minimum absolute atomic E-state index is 0.155. The predicted octanol–water partition coefficient (Wildman–Crippen LogP) is 2.91. The van der Waals surface area contributed by atoms with Crippen molar-refractivity contribution in [3.8, 4) is 0 Å². The van der Waals surface area contributed by atoms with Gasteiger partial charge in [-0.2, -0.15) is 0 Å². The number of hydrogen-bond donors (Lipinski definition) is 1. The molecule has 1 aromatic carbocycles. The largest absolute Gasteiger partial charge is 0.461 e. The first-order valence-corrected chi connectivity index (χ1v) is 7.61. The third-order valence-corrected chi connectivity index (χ3v) is 3.43. The van der Waals surface area contributed by atoms with Crippen molar-refractivity contribution in [2.45, 2.75) is 20.5 Å². The summed E-state index contributed by atoms with van der Waals surface area (Å²) in [5.41, 5.74) is 2.32. The van der Waals surface area contributed by atoms with Crippen LogP contribution in [0.2, 0.25) is 0 Å². The number of aromatic nitrogens is 1. The summed E-state index contributed by atoms with van der Waals surface area (Å²) in [5, 5.41) is 0. The zero-order chi connectivity index (χ0) is 17.5. The summed E-state index contributed by atoms with van der Waals surface area (Å²) < 4.78 is 10.4. The number of nitrogens with zero attached hydrogens (tertiary/aromatic N) is 1. The Morgan fingerprint density at radius 1 is 1.17 bits per heavy atom. The lowest BCUT2D eigenvalue weighted by molar-refractivity contribution is 0.0472. The molecule has 6 heteroatoms. The van der Waals surface area contributed by atoms with Gasteiger partial charge >= 0.3 is 11.9 Å². The minimum Gasteiger partial charge on any atom is -0.461 e. The molecule has 0 aliphatic heterocycles. The van der Waals surface area contributed by atoms with Crippen LogP contribution in [0.15, 0.2) is 35.3 Å². The number of hydrogen-bond acceptors (Lipinski definition) is 5. The van der Waals surface area contributed by atoms with Crippen molar-refractivity contribution in [3.05, 3.63) is 58.4 Å². The Morgan fingerprint density at radius 3 is 2.50 bits per heavy atom. The van der Waals surface area contributed by atoms with Crippen LogP contribution in [-0.2, 0) is 16.1 Å². The van der Waals surface area contributed by atoms with E-state index in [4.69, 9.17) is 9.47 Å². The molecular formula is C18H20N2O4. The highest BCUT2D eigenvalue weighted by Gasteiger charge is 2.25.